The third kappa shape index (κ3) is 2.44. The van der Waals surface area contributed by atoms with Crippen molar-refractivity contribution in [2.24, 2.45) is 0 Å². The van der Waals surface area contributed by atoms with E-state index in [0.29, 0.717) is 5.16 Å². The van der Waals surface area contributed by atoms with E-state index in [4.69, 9.17) is 5.11 Å². The van der Waals surface area contributed by atoms with E-state index in [2.05, 4.69) is 33.6 Å². The van der Waals surface area contributed by atoms with Crippen LogP contribution in [0.15, 0.2) is 29.4 Å². The average molecular weight is 302 g/mol. The molecule has 1 N–H and O–H groups in total. The number of aliphatic carboxylic acids is 1. The first-order chi connectivity index (χ1) is 10.1. The number of thioether (sulfide) groups is 1. The molecule has 3 aromatic rings. The normalized spacial score (nSPS) is 11.6. The van der Waals surface area contributed by atoms with E-state index in [0.717, 1.165) is 33.8 Å². The Hall–Kier alpha value is -2.15. The maximum atomic E-state index is 10.7. The first-order valence-electron chi connectivity index (χ1n) is 6.56. The van der Waals surface area contributed by atoms with E-state index in [9.17, 15) is 4.79 Å². The lowest BCUT2D eigenvalue weighted by atomic mass is 10.2. The lowest BCUT2D eigenvalue weighted by Gasteiger charge is -2.10. The molecule has 0 aliphatic heterocycles. The molecule has 0 saturated carbocycles. The molecule has 0 aliphatic rings. The Labute approximate surface area is 125 Å². The summed E-state index contributed by atoms with van der Waals surface area (Å²) in [5.41, 5.74) is 2.55. The van der Waals surface area contributed by atoms with Crippen molar-refractivity contribution in [3.63, 3.8) is 0 Å². The van der Waals surface area contributed by atoms with Gasteiger partial charge in [0, 0.05) is 11.4 Å². The molecule has 0 bridgehead atoms. The number of rotatable bonds is 4. The summed E-state index contributed by atoms with van der Waals surface area (Å²) < 4.78 is 2.10. The number of carboxylic acids is 1. The topological polar surface area (TPSA) is 80.9 Å². The molecule has 108 valence electrons. The van der Waals surface area contributed by atoms with E-state index in [-0.39, 0.29) is 11.8 Å². The van der Waals surface area contributed by atoms with Crippen molar-refractivity contribution in [3.05, 3.63) is 24.3 Å². The van der Waals surface area contributed by atoms with Gasteiger partial charge in [0.2, 0.25) is 5.16 Å². The second-order valence-corrected chi connectivity index (χ2v) is 5.87. The summed E-state index contributed by atoms with van der Waals surface area (Å²) in [7, 11) is 0. The van der Waals surface area contributed by atoms with Gasteiger partial charge in [0.1, 0.15) is 5.52 Å². The van der Waals surface area contributed by atoms with Crippen molar-refractivity contribution >= 4 is 39.8 Å². The van der Waals surface area contributed by atoms with E-state index in [1.807, 2.05) is 24.3 Å². The Morgan fingerprint density at radius 2 is 2.10 bits per heavy atom. The van der Waals surface area contributed by atoms with Crippen LogP contribution in [0.1, 0.15) is 19.9 Å². The summed E-state index contributed by atoms with van der Waals surface area (Å²) in [6.07, 6.45) is 0. The Morgan fingerprint density at radius 3 is 2.81 bits per heavy atom. The van der Waals surface area contributed by atoms with Gasteiger partial charge in [0.05, 0.1) is 11.3 Å². The van der Waals surface area contributed by atoms with Crippen LogP contribution in [0.2, 0.25) is 0 Å². The fourth-order valence-corrected chi connectivity index (χ4v) is 2.86. The number of benzene rings is 1. The molecule has 6 nitrogen and oxygen atoms in total. The number of hydrogen-bond acceptors (Lipinski definition) is 5. The minimum absolute atomic E-state index is 0.0743. The monoisotopic (exact) mass is 302 g/mol. The van der Waals surface area contributed by atoms with Crippen LogP contribution in [0.3, 0.4) is 0 Å². The Morgan fingerprint density at radius 1 is 1.33 bits per heavy atom. The van der Waals surface area contributed by atoms with Crippen molar-refractivity contribution < 1.29 is 9.90 Å². The average Bonchev–Trinajstić information content (AvgIpc) is 2.78. The third-order valence-corrected chi connectivity index (χ3v) is 3.96. The second-order valence-electron chi connectivity index (χ2n) is 4.93. The fourth-order valence-electron chi connectivity index (χ4n) is 2.35. The van der Waals surface area contributed by atoms with Crippen LogP contribution in [0, 0.1) is 0 Å². The van der Waals surface area contributed by atoms with Crippen LogP contribution < -0.4 is 0 Å². The molecule has 0 saturated heterocycles. The van der Waals surface area contributed by atoms with Crippen molar-refractivity contribution in [3.8, 4) is 0 Å². The van der Waals surface area contributed by atoms with Gasteiger partial charge in [-0.15, -0.1) is 10.2 Å². The highest BCUT2D eigenvalue weighted by Crippen LogP contribution is 2.29. The standard InChI is InChI=1S/C14H14N4O2S/c1-8(2)18-10-6-4-3-5-9(10)12-13(18)15-14(17-16-12)21-7-11(19)20/h3-6,8H,7H2,1-2H3,(H,19,20). The fraction of sp³-hybridized carbons (Fsp3) is 0.286. The molecular weight excluding hydrogens is 288 g/mol. The first kappa shape index (κ1) is 13.8. The van der Waals surface area contributed by atoms with Crippen molar-refractivity contribution in [1.82, 2.24) is 19.7 Å². The molecule has 0 fully saturated rings. The zero-order valence-corrected chi connectivity index (χ0v) is 12.5. The number of para-hydroxylation sites is 1. The SMILES string of the molecule is CC(C)n1c2ccccc2c2nnc(SCC(=O)O)nc21. The Bertz CT molecular complexity index is 828. The third-order valence-electron chi connectivity index (χ3n) is 3.14. The summed E-state index contributed by atoms with van der Waals surface area (Å²) in [6, 6.07) is 8.19. The molecule has 0 amide bonds. The summed E-state index contributed by atoms with van der Waals surface area (Å²) in [6.45, 7) is 4.16. The number of fused-ring (bicyclic) bond motifs is 3. The molecule has 7 heteroatoms. The number of aromatic nitrogens is 4. The lowest BCUT2D eigenvalue weighted by molar-refractivity contribution is -0.133. The van der Waals surface area contributed by atoms with Gasteiger partial charge in [-0.2, -0.15) is 0 Å². The van der Waals surface area contributed by atoms with E-state index >= 15 is 0 Å². The molecule has 1 aromatic carbocycles. The molecule has 0 radical (unpaired) electrons. The highest BCUT2D eigenvalue weighted by molar-refractivity contribution is 7.99. The number of carboxylic acid groups (broad SMARTS) is 1. The Kier molecular flexibility index (Phi) is 3.50. The lowest BCUT2D eigenvalue weighted by Crippen LogP contribution is -2.04. The highest BCUT2D eigenvalue weighted by atomic mass is 32.2. The van der Waals surface area contributed by atoms with Crippen LogP contribution in [0.4, 0.5) is 0 Å². The molecule has 0 atom stereocenters. The zero-order valence-electron chi connectivity index (χ0n) is 11.6. The maximum Gasteiger partial charge on any atom is 0.313 e. The molecular formula is C14H14N4O2S. The van der Waals surface area contributed by atoms with Gasteiger partial charge in [-0.25, -0.2) is 4.98 Å². The van der Waals surface area contributed by atoms with Crippen LogP contribution >= 0.6 is 11.8 Å². The van der Waals surface area contributed by atoms with Crippen molar-refractivity contribution in [2.45, 2.75) is 25.0 Å². The quantitative estimate of drug-likeness (QED) is 0.746. The highest BCUT2D eigenvalue weighted by Gasteiger charge is 2.16. The minimum Gasteiger partial charge on any atom is -0.481 e. The summed E-state index contributed by atoms with van der Waals surface area (Å²) >= 11 is 1.08. The Balaban J connectivity index is 2.21. The van der Waals surface area contributed by atoms with Crippen LogP contribution in [-0.4, -0.2) is 36.6 Å². The largest absolute Gasteiger partial charge is 0.481 e. The van der Waals surface area contributed by atoms with Crippen molar-refractivity contribution in [2.75, 3.05) is 5.75 Å². The van der Waals surface area contributed by atoms with E-state index in [1.165, 1.54) is 0 Å². The van der Waals surface area contributed by atoms with Gasteiger partial charge >= 0.3 is 5.97 Å². The smallest absolute Gasteiger partial charge is 0.313 e. The van der Waals surface area contributed by atoms with Gasteiger partial charge in [0.15, 0.2) is 5.65 Å². The van der Waals surface area contributed by atoms with Crippen LogP contribution in [0.5, 0.6) is 0 Å². The molecule has 0 spiro atoms. The number of nitrogens with zero attached hydrogens (tertiary/aromatic N) is 4. The van der Waals surface area contributed by atoms with Gasteiger partial charge in [-0.05, 0) is 19.9 Å². The summed E-state index contributed by atoms with van der Waals surface area (Å²) in [5.74, 6) is -0.970. The van der Waals surface area contributed by atoms with Crippen LogP contribution in [0.25, 0.3) is 22.1 Å². The molecule has 2 aromatic heterocycles. The number of carbonyl (C=O) groups is 1. The van der Waals surface area contributed by atoms with Crippen LogP contribution in [-0.2, 0) is 4.79 Å². The van der Waals surface area contributed by atoms with E-state index < -0.39 is 5.97 Å². The summed E-state index contributed by atoms with van der Waals surface area (Å²) in [5, 5.41) is 18.4. The van der Waals surface area contributed by atoms with Gasteiger partial charge < -0.3 is 9.67 Å². The maximum absolute atomic E-state index is 10.7. The zero-order chi connectivity index (χ0) is 15.0. The molecule has 0 aliphatic carbocycles. The molecule has 0 unspecified atom stereocenters. The second kappa shape index (κ2) is 5.33. The predicted octanol–water partition coefficient (Wildman–Crippen LogP) is 2.74. The van der Waals surface area contributed by atoms with Gasteiger partial charge in [0.25, 0.3) is 0 Å². The van der Waals surface area contributed by atoms with Gasteiger partial charge in [-0.1, -0.05) is 30.0 Å². The summed E-state index contributed by atoms with van der Waals surface area (Å²) in [4.78, 5) is 15.1. The first-order valence-corrected chi connectivity index (χ1v) is 7.54. The van der Waals surface area contributed by atoms with E-state index in [1.54, 1.807) is 0 Å². The van der Waals surface area contributed by atoms with Gasteiger partial charge in [-0.3, -0.25) is 4.79 Å². The number of hydrogen-bond donors (Lipinski definition) is 1. The predicted molar refractivity (Wildman–Crippen MR) is 81.6 cm³/mol. The van der Waals surface area contributed by atoms with Crippen molar-refractivity contribution in [1.29, 1.82) is 0 Å². The minimum atomic E-state index is -0.895. The molecule has 3 rings (SSSR count). The molecule has 2 heterocycles. The molecule has 21 heavy (non-hydrogen) atoms.